The second-order valence-corrected chi connectivity index (χ2v) is 2.95. The average Bonchev–Trinajstić information content (AvgIpc) is 2.27. The molecule has 0 atom stereocenters. The van der Waals surface area contributed by atoms with Gasteiger partial charge in [0.15, 0.2) is 0 Å². The molecule has 0 aliphatic carbocycles. The lowest BCUT2D eigenvalue weighted by atomic mass is 10.1. The van der Waals surface area contributed by atoms with Gasteiger partial charge < -0.3 is 9.47 Å². The smallest absolute Gasteiger partial charge is 0.345 e. The van der Waals surface area contributed by atoms with Crippen LogP contribution in [0.25, 0.3) is 0 Å². The maximum atomic E-state index is 11.3. The minimum absolute atomic E-state index is 0.123. The Kier molecular flexibility index (Phi) is 3.77. The van der Waals surface area contributed by atoms with E-state index in [2.05, 4.69) is 9.47 Å². The van der Waals surface area contributed by atoms with Crippen molar-refractivity contribution in [3.8, 4) is 0 Å². The lowest BCUT2D eigenvalue weighted by Crippen LogP contribution is -2.10. The molecule has 0 heterocycles. The summed E-state index contributed by atoms with van der Waals surface area (Å²) in [6.07, 6.45) is 0. The molecule has 1 aromatic carbocycles. The van der Waals surface area contributed by atoms with E-state index in [9.17, 15) is 14.4 Å². The summed E-state index contributed by atoms with van der Waals surface area (Å²) in [4.78, 5) is 33.1. The highest BCUT2D eigenvalue weighted by atomic mass is 16.6. The molecular formula is C11H10O5. The van der Waals surface area contributed by atoms with E-state index in [0.717, 1.165) is 6.92 Å². The van der Waals surface area contributed by atoms with E-state index in [4.69, 9.17) is 0 Å². The zero-order valence-electron chi connectivity index (χ0n) is 8.85. The van der Waals surface area contributed by atoms with Gasteiger partial charge in [0, 0.05) is 6.92 Å². The van der Waals surface area contributed by atoms with Gasteiger partial charge in [0.1, 0.15) is 0 Å². The third-order valence-electron chi connectivity index (χ3n) is 1.76. The van der Waals surface area contributed by atoms with Crippen molar-refractivity contribution in [2.24, 2.45) is 0 Å². The van der Waals surface area contributed by atoms with E-state index in [1.54, 1.807) is 0 Å². The molecule has 0 spiro atoms. The topological polar surface area (TPSA) is 69.7 Å². The molecule has 1 rings (SSSR count). The highest BCUT2D eigenvalue weighted by Crippen LogP contribution is 2.08. The van der Waals surface area contributed by atoms with Gasteiger partial charge in [0.25, 0.3) is 0 Å². The van der Waals surface area contributed by atoms with Gasteiger partial charge in [-0.1, -0.05) is 6.07 Å². The first-order valence-corrected chi connectivity index (χ1v) is 4.45. The van der Waals surface area contributed by atoms with Crippen molar-refractivity contribution >= 4 is 17.9 Å². The Labute approximate surface area is 92.0 Å². The lowest BCUT2D eigenvalue weighted by molar-refractivity contribution is -0.135. The van der Waals surface area contributed by atoms with Gasteiger partial charge in [-0.15, -0.1) is 0 Å². The van der Waals surface area contributed by atoms with E-state index >= 15 is 0 Å². The first kappa shape index (κ1) is 11.9. The van der Waals surface area contributed by atoms with Crippen LogP contribution in [-0.4, -0.2) is 25.0 Å². The predicted molar refractivity (Wildman–Crippen MR) is 53.9 cm³/mol. The maximum Gasteiger partial charge on any atom is 0.345 e. The molecule has 0 saturated carbocycles. The van der Waals surface area contributed by atoms with Crippen LogP contribution in [0.4, 0.5) is 0 Å². The fourth-order valence-corrected chi connectivity index (χ4v) is 1.08. The molecule has 0 unspecified atom stereocenters. The molecule has 0 aliphatic rings. The van der Waals surface area contributed by atoms with E-state index in [-0.39, 0.29) is 11.1 Å². The molecule has 0 saturated heterocycles. The number of rotatable bonds is 2. The summed E-state index contributed by atoms with van der Waals surface area (Å²) >= 11 is 0. The largest absolute Gasteiger partial charge is 0.465 e. The van der Waals surface area contributed by atoms with E-state index in [0.29, 0.717) is 0 Å². The summed E-state index contributed by atoms with van der Waals surface area (Å²) in [5.41, 5.74) is 0.346. The number of esters is 3. The Morgan fingerprint density at radius 2 is 1.62 bits per heavy atom. The van der Waals surface area contributed by atoms with Crippen molar-refractivity contribution in [3.63, 3.8) is 0 Å². The Balaban J connectivity index is 2.94. The van der Waals surface area contributed by atoms with Gasteiger partial charge in [-0.25, -0.2) is 9.59 Å². The fraction of sp³-hybridized carbons (Fsp3) is 0.182. The van der Waals surface area contributed by atoms with Crippen molar-refractivity contribution in [1.29, 1.82) is 0 Å². The van der Waals surface area contributed by atoms with Crippen LogP contribution in [0.5, 0.6) is 0 Å². The third-order valence-corrected chi connectivity index (χ3v) is 1.76. The SMILES string of the molecule is COC(=O)c1cccc(C(=O)OC(C)=O)c1. The molecule has 0 aromatic heterocycles. The first-order chi connectivity index (χ1) is 7.54. The summed E-state index contributed by atoms with van der Waals surface area (Å²) in [5, 5.41) is 0. The number of hydrogen-bond donors (Lipinski definition) is 0. The standard InChI is InChI=1S/C11H10O5/c1-7(12)16-11(14)9-5-3-4-8(6-9)10(13)15-2/h3-6H,1-2H3. The summed E-state index contributed by atoms with van der Waals surface area (Å²) in [6, 6.07) is 5.74. The van der Waals surface area contributed by atoms with E-state index < -0.39 is 17.9 Å². The highest BCUT2D eigenvalue weighted by Gasteiger charge is 2.12. The number of methoxy groups -OCH3 is 1. The number of carbonyl (C=O) groups is 3. The second-order valence-electron chi connectivity index (χ2n) is 2.95. The molecule has 0 radical (unpaired) electrons. The monoisotopic (exact) mass is 222 g/mol. The highest BCUT2D eigenvalue weighted by molar-refractivity contribution is 5.98. The van der Waals surface area contributed by atoms with Crippen molar-refractivity contribution < 1.29 is 23.9 Å². The van der Waals surface area contributed by atoms with Gasteiger partial charge in [-0.05, 0) is 18.2 Å². The van der Waals surface area contributed by atoms with Crippen LogP contribution in [0.3, 0.4) is 0 Å². The maximum absolute atomic E-state index is 11.3. The normalized spacial score (nSPS) is 9.38. The lowest BCUT2D eigenvalue weighted by Gasteiger charge is -2.02. The third kappa shape index (κ3) is 2.91. The molecule has 1 aromatic rings. The zero-order chi connectivity index (χ0) is 12.1. The molecule has 5 nitrogen and oxygen atoms in total. The van der Waals surface area contributed by atoms with E-state index in [1.165, 1.54) is 31.4 Å². The average molecular weight is 222 g/mol. The Morgan fingerprint density at radius 1 is 1.06 bits per heavy atom. The molecule has 5 heteroatoms. The predicted octanol–water partition coefficient (Wildman–Crippen LogP) is 1.18. The molecule has 0 fully saturated rings. The molecule has 84 valence electrons. The van der Waals surface area contributed by atoms with Gasteiger partial charge >= 0.3 is 17.9 Å². The van der Waals surface area contributed by atoms with Gasteiger partial charge in [-0.2, -0.15) is 0 Å². The van der Waals surface area contributed by atoms with Crippen molar-refractivity contribution in [2.75, 3.05) is 7.11 Å². The minimum Gasteiger partial charge on any atom is -0.465 e. The van der Waals surface area contributed by atoms with Crippen LogP contribution in [0.2, 0.25) is 0 Å². The van der Waals surface area contributed by atoms with Gasteiger partial charge in [0.05, 0.1) is 18.2 Å². The van der Waals surface area contributed by atoms with Crippen LogP contribution in [-0.2, 0) is 14.3 Å². The van der Waals surface area contributed by atoms with E-state index in [1.807, 2.05) is 0 Å². The molecule has 0 N–H and O–H groups in total. The number of carbonyl (C=O) groups excluding carboxylic acids is 3. The molecular weight excluding hydrogens is 212 g/mol. The number of hydrogen-bond acceptors (Lipinski definition) is 5. The molecule has 0 bridgehead atoms. The minimum atomic E-state index is -0.793. The molecule has 0 aliphatic heterocycles. The number of benzene rings is 1. The van der Waals surface area contributed by atoms with Crippen LogP contribution < -0.4 is 0 Å². The van der Waals surface area contributed by atoms with Crippen LogP contribution in [0, 0.1) is 0 Å². The summed E-state index contributed by atoms with van der Waals surface area (Å²) in [7, 11) is 1.24. The summed E-state index contributed by atoms with van der Waals surface area (Å²) in [6.45, 7) is 1.13. The number of ether oxygens (including phenoxy) is 2. The van der Waals surface area contributed by atoms with Gasteiger partial charge in [-0.3, -0.25) is 4.79 Å². The van der Waals surface area contributed by atoms with Crippen LogP contribution in [0.1, 0.15) is 27.6 Å². The van der Waals surface area contributed by atoms with Crippen molar-refractivity contribution in [1.82, 2.24) is 0 Å². The Hall–Kier alpha value is -2.17. The Morgan fingerprint density at radius 3 is 2.12 bits per heavy atom. The van der Waals surface area contributed by atoms with Gasteiger partial charge in [0.2, 0.25) is 0 Å². The van der Waals surface area contributed by atoms with Crippen molar-refractivity contribution in [2.45, 2.75) is 6.92 Å². The molecule has 16 heavy (non-hydrogen) atoms. The van der Waals surface area contributed by atoms with Crippen molar-refractivity contribution in [3.05, 3.63) is 35.4 Å². The summed E-state index contributed by atoms with van der Waals surface area (Å²) < 4.78 is 8.87. The zero-order valence-corrected chi connectivity index (χ0v) is 8.85. The van der Waals surface area contributed by atoms with Crippen LogP contribution >= 0.6 is 0 Å². The summed E-state index contributed by atoms with van der Waals surface area (Å²) in [5.74, 6) is -2.05. The second kappa shape index (κ2) is 5.06. The Bertz CT molecular complexity index is 436. The first-order valence-electron chi connectivity index (χ1n) is 4.45. The van der Waals surface area contributed by atoms with Crippen LogP contribution in [0.15, 0.2) is 24.3 Å². The fourth-order valence-electron chi connectivity index (χ4n) is 1.08. The quantitative estimate of drug-likeness (QED) is 0.555. The molecule has 0 amide bonds.